The molecule has 0 N–H and O–H groups in total. The van der Waals surface area contributed by atoms with Gasteiger partial charge < -0.3 is 0 Å². The molecular weight excluding hydrogens is 66.1 g/mol. The molecule has 0 aliphatic heterocycles. The first-order valence-corrected chi connectivity index (χ1v) is 1.29. The summed E-state index contributed by atoms with van der Waals surface area (Å²) in [5.74, 6) is 0. The second kappa shape index (κ2) is 2.49. The van der Waals surface area contributed by atoms with E-state index in [4.69, 9.17) is 0 Å². The lowest BCUT2D eigenvalue weighted by molar-refractivity contribution is 2.44. The molecule has 0 saturated carbocycles. The Balaban J connectivity index is 3.14. The van der Waals surface area contributed by atoms with Crippen molar-refractivity contribution in [3.05, 3.63) is 4.47 Å². The van der Waals surface area contributed by atoms with E-state index in [-0.39, 0.29) is 0 Å². The molecule has 0 aromatic carbocycles. The predicted molar refractivity (Wildman–Crippen MR) is 19.3 cm³/mol. The molecule has 0 unspecified atom stereocenters. The number of hydrogen-bond donors (Lipinski definition) is 0. The predicted octanol–water partition coefficient (Wildman–Crippen LogP) is -0.233. The summed E-state index contributed by atoms with van der Waals surface area (Å²) < 4.78 is 3.18. The van der Waals surface area contributed by atoms with Crippen molar-refractivity contribution in [2.75, 3.05) is 0 Å². The Hall–Kier alpha value is -0.513. The van der Waals surface area contributed by atoms with Crippen LogP contribution < -0.4 is 0 Å². The quantitative estimate of drug-likeness (QED) is 0.273. The van der Waals surface area contributed by atoms with E-state index < -0.39 is 0 Å². The third-order valence-corrected chi connectivity index (χ3v) is 0.224. The van der Waals surface area contributed by atoms with E-state index in [1.807, 2.05) is 15.9 Å². The fourth-order valence-electron chi connectivity index (χ4n) is 0. The highest BCUT2D eigenvalue weighted by atomic mass is 28.1. The third kappa shape index (κ3) is 1.49. The van der Waals surface area contributed by atoms with Crippen LogP contribution in [0.5, 0.6) is 0 Å². The molecule has 0 radical (unpaired) electrons. The van der Waals surface area contributed by atoms with E-state index in [0.29, 0.717) is 0 Å². The van der Waals surface area contributed by atoms with Crippen LogP contribution in [0.1, 0.15) is 0 Å². The van der Waals surface area contributed by atoms with Gasteiger partial charge in [0.05, 0.1) is 0 Å². The first-order chi connectivity index (χ1) is 1.91. The van der Waals surface area contributed by atoms with Gasteiger partial charge in [-0.3, -0.25) is 0 Å². The lowest BCUT2D eigenvalue weighted by Gasteiger charge is -1.14. The highest BCUT2D eigenvalue weighted by Crippen LogP contribution is 1.37. The van der Waals surface area contributed by atoms with Gasteiger partial charge in [0.1, 0.15) is 0 Å². The molecule has 18 valence electrons. The maximum Gasteiger partial charge on any atom is 0.482 e. The third-order valence-electron chi connectivity index (χ3n) is 0.0745. The molecule has 0 saturated heterocycles. The van der Waals surface area contributed by atoms with Crippen molar-refractivity contribution in [2.24, 2.45) is 0 Å². The Bertz CT molecular complexity index is 61.0. The molecule has 0 aromatic heterocycles. The van der Waals surface area contributed by atoms with Crippen LogP contribution >= 0.6 is 0 Å². The Morgan fingerprint density at radius 1 is 2.00 bits per heavy atom. The summed E-state index contributed by atoms with van der Waals surface area (Å²) in [6.07, 6.45) is 4.59. The molecule has 0 rings (SSSR count). The summed E-state index contributed by atoms with van der Waals surface area (Å²) in [7, 11) is 2.04. The van der Waals surface area contributed by atoms with Gasteiger partial charge in [-0.05, 0) is 6.42 Å². The molecule has 0 aromatic rings. The Morgan fingerprint density at radius 3 is 2.25 bits per heavy atom. The molecule has 0 atom stereocenters. The topological polar surface area (TPSA) is 4.36 Å². The lowest BCUT2D eigenvalue weighted by atomic mass is 11.2. The van der Waals surface area contributed by atoms with Gasteiger partial charge in [0.15, 0.2) is 0 Å². The fourth-order valence-corrected chi connectivity index (χ4v) is 0. The molecular formula is C2H2NSi+. The van der Waals surface area contributed by atoms with Crippen molar-refractivity contribution in [1.82, 2.24) is 0 Å². The van der Waals surface area contributed by atoms with Crippen LogP contribution in [0.4, 0.5) is 0 Å². The minimum Gasteiger partial charge on any atom is -0.0923 e. The number of nitrogens with zero attached hydrogens (tertiary/aromatic N) is 1. The first kappa shape index (κ1) is 3.49. The summed E-state index contributed by atoms with van der Waals surface area (Å²) in [5, 5.41) is 0. The van der Waals surface area contributed by atoms with E-state index in [9.17, 15) is 0 Å². The zero-order valence-electron chi connectivity index (χ0n) is 2.10. The monoisotopic (exact) mass is 68.0 g/mol. The second-order valence-corrected chi connectivity index (χ2v) is 0.516. The molecule has 1 nitrogen and oxygen atoms in total. The fraction of sp³-hybridized carbons (Fsp3) is 0. The Labute approximate surface area is 27.9 Å². The molecule has 0 heterocycles. The van der Waals surface area contributed by atoms with E-state index in [2.05, 4.69) is 10.9 Å². The average Bonchev–Trinajstić information content (AvgIpc) is 1.37. The molecule has 2 heteroatoms. The van der Waals surface area contributed by atoms with Crippen molar-refractivity contribution >= 4 is 9.88 Å². The maximum atomic E-state index is 4.59. The van der Waals surface area contributed by atoms with Crippen LogP contribution in [0.15, 0.2) is 0 Å². The van der Waals surface area contributed by atoms with Gasteiger partial charge in [0.2, 0.25) is 0 Å². The Kier molecular flexibility index (Phi) is 2.17. The summed E-state index contributed by atoms with van der Waals surface area (Å²) in [5.41, 5.74) is 0. The van der Waals surface area contributed by atoms with Gasteiger partial charge in [-0.25, -0.2) is 0 Å². The van der Waals surface area contributed by atoms with Crippen molar-refractivity contribution in [2.45, 2.75) is 0 Å². The van der Waals surface area contributed by atoms with Crippen LogP contribution in [-0.2, 0) is 0 Å². The molecule has 4 heavy (non-hydrogen) atoms. The van der Waals surface area contributed by atoms with Crippen LogP contribution in [-0.4, -0.2) is 9.88 Å². The molecule has 0 fully saturated rings. The van der Waals surface area contributed by atoms with Crippen LogP contribution in [0.3, 0.4) is 0 Å². The van der Waals surface area contributed by atoms with Crippen LogP contribution in [0.25, 0.3) is 4.47 Å². The van der Waals surface area contributed by atoms with Crippen molar-refractivity contribution in [1.29, 1.82) is 0 Å². The normalized spacial score (nSPS) is 2.50. The molecule has 0 spiro atoms. The smallest absolute Gasteiger partial charge is 0.0923 e. The van der Waals surface area contributed by atoms with Crippen LogP contribution in [0, 0.1) is 12.5 Å². The SMILES string of the molecule is C#C[N+]#[SiH]. The molecule has 0 bridgehead atoms. The van der Waals surface area contributed by atoms with E-state index in [1.54, 1.807) is 0 Å². The highest BCUT2D eigenvalue weighted by Gasteiger charge is 1.43. The summed E-state index contributed by atoms with van der Waals surface area (Å²) >= 11 is 0. The zero-order chi connectivity index (χ0) is 3.41. The van der Waals surface area contributed by atoms with E-state index >= 15 is 0 Å². The van der Waals surface area contributed by atoms with Gasteiger partial charge in [-0.1, -0.05) is 4.47 Å². The maximum absolute atomic E-state index is 4.59. The number of terminal acetylenes is 1. The van der Waals surface area contributed by atoms with Crippen molar-refractivity contribution in [3.8, 4) is 12.5 Å². The number of rotatable bonds is 0. The zero-order valence-corrected chi connectivity index (χ0v) is 3.26. The first-order valence-electron chi connectivity index (χ1n) is 0.770. The van der Waals surface area contributed by atoms with Gasteiger partial charge in [0.25, 0.3) is 0 Å². The summed E-state index contributed by atoms with van der Waals surface area (Å²) in [6, 6.07) is 2.02. The van der Waals surface area contributed by atoms with Gasteiger partial charge in [-0.15, -0.1) is 0 Å². The van der Waals surface area contributed by atoms with Crippen molar-refractivity contribution in [3.63, 3.8) is 0 Å². The van der Waals surface area contributed by atoms with Crippen molar-refractivity contribution < 1.29 is 0 Å². The molecule has 0 aliphatic rings. The molecule has 0 amide bonds. The summed E-state index contributed by atoms with van der Waals surface area (Å²) in [4.78, 5) is 0. The largest absolute Gasteiger partial charge is 0.482 e. The van der Waals surface area contributed by atoms with E-state index in [0.717, 1.165) is 0 Å². The second-order valence-electron chi connectivity index (χ2n) is 0.258. The minimum atomic E-state index is 2.02. The van der Waals surface area contributed by atoms with Crippen LogP contribution in [0.2, 0.25) is 0 Å². The van der Waals surface area contributed by atoms with Gasteiger partial charge >= 0.3 is 15.9 Å². The summed E-state index contributed by atoms with van der Waals surface area (Å²) in [6.45, 7) is 0. The van der Waals surface area contributed by atoms with Gasteiger partial charge in [0, 0.05) is 0 Å². The number of hydrogen-bond acceptors (Lipinski definition) is 0. The lowest BCUT2D eigenvalue weighted by Crippen LogP contribution is -1.20. The molecule has 0 aliphatic carbocycles. The highest BCUT2D eigenvalue weighted by molar-refractivity contribution is 5.92. The minimum absolute atomic E-state index is 2.02. The van der Waals surface area contributed by atoms with Gasteiger partial charge in [-0.2, -0.15) is 0 Å². The Morgan fingerprint density at radius 2 is 2.25 bits per heavy atom. The van der Waals surface area contributed by atoms with E-state index in [1.165, 1.54) is 0 Å². The standard InChI is InChI=1S/C2H2NSi/c1-2-3-4/h1,4H/q+1. The average molecular weight is 68.1 g/mol.